The second-order valence-electron chi connectivity index (χ2n) is 10.1. The fourth-order valence-corrected chi connectivity index (χ4v) is 5.88. The molecule has 8 nitrogen and oxygen atoms in total. The van der Waals surface area contributed by atoms with E-state index in [0.717, 1.165) is 71.5 Å². The molecule has 0 spiro atoms. The number of hydrogen-bond donors (Lipinski definition) is 2. The van der Waals surface area contributed by atoms with Crippen LogP contribution >= 0.6 is 0 Å². The van der Waals surface area contributed by atoms with Gasteiger partial charge in [0.15, 0.2) is 0 Å². The Kier molecular flexibility index (Phi) is 5.38. The van der Waals surface area contributed by atoms with Gasteiger partial charge >= 0.3 is 6.09 Å². The summed E-state index contributed by atoms with van der Waals surface area (Å²) in [5.74, 6) is 0. The number of hydrogen-bond acceptors (Lipinski definition) is 5. The average molecular weight is 503 g/mol. The monoisotopic (exact) mass is 502 g/mol. The number of nitrogens with one attached hydrogen (secondary N) is 2. The van der Waals surface area contributed by atoms with Crippen molar-refractivity contribution in [1.82, 2.24) is 20.1 Å². The number of cyclic esters (lactones) is 1. The van der Waals surface area contributed by atoms with Gasteiger partial charge in [0.05, 0.1) is 28.5 Å². The fraction of sp³-hybridized carbons (Fsp3) is 0.233. The number of carbonyl (C=O) groups is 1. The molecule has 2 aliphatic heterocycles. The number of carbonyl (C=O) groups excluding carboxylic acids is 1. The van der Waals surface area contributed by atoms with Gasteiger partial charge in [0.1, 0.15) is 12.3 Å². The Bertz CT molecular complexity index is 1720. The summed E-state index contributed by atoms with van der Waals surface area (Å²) in [6.07, 6.45) is 1.57. The van der Waals surface area contributed by atoms with Crippen LogP contribution < -0.4 is 4.90 Å². The second kappa shape index (κ2) is 9.05. The van der Waals surface area contributed by atoms with Crippen molar-refractivity contribution in [1.29, 1.82) is 5.26 Å². The van der Waals surface area contributed by atoms with Gasteiger partial charge in [0.2, 0.25) is 0 Å². The summed E-state index contributed by atoms with van der Waals surface area (Å²) in [7, 11) is 0. The van der Waals surface area contributed by atoms with Gasteiger partial charge in [-0.1, -0.05) is 30.3 Å². The molecule has 7 rings (SSSR count). The Balaban J connectivity index is 1.10. The van der Waals surface area contributed by atoms with Gasteiger partial charge in [-0.15, -0.1) is 0 Å². The van der Waals surface area contributed by atoms with Crippen LogP contribution in [0.5, 0.6) is 0 Å². The number of nitriles is 1. The summed E-state index contributed by atoms with van der Waals surface area (Å²) < 4.78 is 5.46. The summed E-state index contributed by atoms with van der Waals surface area (Å²) in [6, 6.07) is 24.5. The summed E-state index contributed by atoms with van der Waals surface area (Å²) in [5.41, 5.74) is 7.65. The van der Waals surface area contributed by atoms with Gasteiger partial charge in [0.25, 0.3) is 0 Å². The van der Waals surface area contributed by atoms with Gasteiger partial charge < -0.3 is 9.72 Å². The number of benzene rings is 3. The van der Waals surface area contributed by atoms with Crippen LogP contribution in [-0.2, 0) is 17.9 Å². The quantitative estimate of drug-likeness (QED) is 0.328. The van der Waals surface area contributed by atoms with E-state index in [2.05, 4.69) is 50.4 Å². The molecule has 4 heterocycles. The zero-order valence-electron chi connectivity index (χ0n) is 20.8. The van der Waals surface area contributed by atoms with Crippen molar-refractivity contribution in [2.24, 2.45) is 0 Å². The highest BCUT2D eigenvalue weighted by molar-refractivity contribution is 5.97. The third-order valence-electron chi connectivity index (χ3n) is 7.82. The highest BCUT2D eigenvalue weighted by Crippen LogP contribution is 2.34. The van der Waals surface area contributed by atoms with Crippen LogP contribution in [0.25, 0.3) is 33.2 Å². The van der Waals surface area contributed by atoms with Gasteiger partial charge in [-0.3, -0.25) is 14.9 Å². The van der Waals surface area contributed by atoms with Crippen LogP contribution in [0.2, 0.25) is 0 Å². The number of anilines is 1. The molecule has 1 fully saturated rings. The van der Waals surface area contributed by atoms with E-state index in [1.807, 2.05) is 47.4 Å². The minimum Gasteiger partial charge on any atom is -0.444 e. The lowest BCUT2D eigenvalue weighted by Gasteiger charge is -2.40. The molecule has 8 heteroatoms. The minimum atomic E-state index is -0.235. The van der Waals surface area contributed by atoms with Crippen molar-refractivity contribution in [3.05, 3.63) is 83.4 Å². The standard InChI is InChI=1S/C30H26N6O2/c31-16-19-8-9-23-26(14-19)33-34-29(23)27-15-24-20(5-3-6-25(24)32-27)17-35-12-10-22(11-13-35)36-28-7-2-1-4-21(28)18-38-30(36)37/h1-9,14-15,22,32H,10-13,17-18H2,(H,33,34). The molecule has 0 atom stereocenters. The predicted molar refractivity (Wildman–Crippen MR) is 146 cm³/mol. The minimum absolute atomic E-state index is 0.143. The topological polar surface area (TPSA) is 101 Å². The van der Waals surface area contributed by atoms with E-state index in [1.54, 1.807) is 0 Å². The van der Waals surface area contributed by atoms with Crippen molar-refractivity contribution < 1.29 is 9.53 Å². The van der Waals surface area contributed by atoms with Crippen molar-refractivity contribution in [3.63, 3.8) is 0 Å². The number of piperidine rings is 1. The average Bonchev–Trinajstić information content (AvgIpc) is 3.58. The number of para-hydroxylation sites is 1. The van der Waals surface area contributed by atoms with E-state index in [9.17, 15) is 10.1 Å². The van der Waals surface area contributed by atoms with Gasteiger partial charge in [-0.2, -0.15) is 10.4 Å². The maximum Gasteiger partial charge on any atom is 0.414 e. The van der Waals surface area contributed by atoms with Crippen molar-refractivity contribution in [2.45, 2.75) is 32.0 Å². The molecule has 2 aromatic heterocycles. The molecule has 2 aliphatic rings. The maximum atomic E-state index is 12.7. The molecule has 1 amide bonds. The summed E-state index contributed by atoms with van der Waals surface area (Å²) >= 11 is 0. The fourth-order valence-electron chi connectivity index (χ4n) is 5.88. The Labute approximate surface area is 219 Å². The number of likely N-dealkylation sites (tertiary alicyclic amines) is 1. The van der Waals surface area contributed by atoms with Crippen LogP contribution in [0, 0.1) is 11.3 Å². The van der Waals surface area contributed by atoms with E-state index in [1.165, 1.54) is 10.9 Å². The number of amides is 1. The molecular weight excluding hydrogens is 476 g/mol. The summed E-state index contributed by atoms with van der Waals surface area (Å²) in [6.45, 7) is 3.02. The Morgan fingerprint density at radius 1 is 1.00 bits per heavy atom. The molecule has 2 N–H and O–H groups in total. The Hall–Kier alpha value is -4.61. The van der Waals surface area contributed by atoms with Gasteiger partial charge in [0, 0.05) is 47.5 Å². The normalized spacial score (nSPS) is 16.5. The number of nitrogens with zero attached hydrogens (tertiary/aromatic N) is 4. The van der Waals surface area contributed by atoms with E-state index >= 15 is 0 Å². The van der Waals surface area contributed by atoms with E-state index in [4.69, 9.17) is 4.74 Å². The first-order chi connectivity index (χ1) is 18.7. The van der Waals surface area contributed by atoms with Crippen LogP contribution in [0.15, 0.2) is 66.7 Å². The third-order valence-corrected chi connectivity index (χ3v) is 7.82. The first kappa shape index (κ1) is 22.6. The zero-order chi connectivity index (χ0) is 25.6. The van der Waals surface area contributed by atoms with Crippen LogP contribution in [-0.4, -0.2) is 45.3 Å². The van der Waals surface area contributed by atoms with E-state index in [0.29, 0.717) is 12.2 Å². The van der Waals surface area contributed by atoms with Crippen LogP contribution in [0.1, 0.15) is 29.5 Å². The second-order valence-corrected chi connectivity index (χ2v) is 10.1. The molecular formula is C30H26N6O2. The number of aromatic amines is 2. The van der Waals surface area contributed by atoms with Crippen molar-refractivity contribution in [3.8, 4) is 17.5 Å². The highest BCUT2D eigenvalue weighted by atomic mass is 16.6. The third kappa shape index (κ3) is 3.80. The van der Waals surface area contributed by atoms with Crippen molar-refractivity contribution in [2.75, 3.05) is 18.0 Å². The number of rotatable bonds is 4. The molecule has 0 saturated carbocycles. The van der Waals surface area contributed by atoms with Crippen molar-refractivity contribution >= 4 is 33.6 Å². The summed E-state index contributed by atoms with van der Waals surface area (Å²) in [4.78, 5) is 20.5. The molecule has 1 saturated heterocycles. The van der Waals surface area contributed by atoms with Crippen LogP contribution in [0.3, 0.4) is 0 Å². The molecule has 0 bridgehead atoms. The Morgan fingerprint density at radius 2 is 1.87 bits per heavy atom. The number of aromatic nitrogens is 3. The smallest absolute Gasteiger partial charge is 0.414 e. The number of ether oxygens (including phenoxy) is 1. The first-order valence-electron chi connectivity index (χ1n) is 12.9. The molecule has 3 aromatic carbocycles. The lowest BCUT2D eigenvalue weighted by molar-refractivity contribution is 0.131. The Morgan fingerprint density at radius 3 is 2.74 bits per heavy atom. The molecule has 0 unspecified atom stereocenters. The summed E-state index contributed by atoms with van der Waals surface area (Å²) in [5, 5.41) is 19.0. The molecule has 188 valence electrons. The first-order valence-corrected chi connectivity index (χ1v) is 12.9. The number of H-pyrrole nitrogens is 2. The SMILES string of the molecule is N#Cc1ccc2c(-c3cc4c(CN5CCC(N6C(=O)OCc7ccccc76)CC5)cccc4[nH]3)n[nH]c2c1. The highest BCUT2D eigenvalue weighted by Gasteiger charge is 2.34. The van der Waals surface area contributed by atoms with E-state index < -0.39 is 0 Å². The molecule has 5 aromatic rings. The largest absolute Gasteiger partial charge is 0.444 e. The lowest BCUT2D eigenvalue weighted by atomic mass is 10.00. The van der Waals surface area contributed by atoms with Crippen LogP contribution in [0.4, 0.5) is 10.5 Å². The molecule has 38 heavy (non-hydrogen) atoms. The predicted octanol–water partition coefficient (Wildman–Crippen LogP) is 5.70. The molecule has 0 aliphatic carbocycles. The van der Waals surface area contributed by atoms with Gasteiger partial charge in [-0.25, -0.2) is 4.79 Å². The number of fused-ring (bicyclic) bond motifs is 3. The van der Waals surface area contributed by atoms with Gasteiger partial charge in [-0.05, 0) is 54.8 Å². The lowest BCUT2D eigenvalue weighted by Crippen LogP contribution is -2.49. The molecule has 0 radical (unpaired) electrons. The zero-order valence-corrected chi connectivity index (χ0v) is 20.8. The van der Waals surface area contributed by atoms with E-state index in [-0.39, 0.29) is 12.1 Å². The maximum absolute atomic E-state index is 12.7.